The van der Waals surface area contributed by atoms with Gasteiger partial charge in [-0.3, -0.25) is 0 Å². The molecular formula is C23H26N2Ni. The normalized spacial score (nSPS) is 13.7. The molecule has 0 fully saturated rings. The molecule has 2 aromatic rings. The average molecular weight is 389 g/mol. The molecule has 2 nitrogen and oxygen atoms in total. The van der Waals surface area contributed by atoms with Crippen LogP contribution in [0.25, 0.3) is 16.9 Å². The monoisotopic (exact) mass is 388 g/mol. The third-order valence-electron chi connectivity index (χ3n) is 4.87. The number of nitrogens with zero attached hydrogens (tertiary/aromatic N) is 2. The molecule has 0 aromatic heterocycles. The minimum absolute atomic E-state index is 0. The number of allylic oxidation sites excluding steroid dienone is 2. The molecule has 0 saturated carbocycles. The minimum atomic E-state index is 0. The molecule has 0 radical (unpaired) electrons. The molecule has 1 aliphatic heterocycles. The van der Waals surface area contributed by atoms with Crippen LogP contribution in [0.2, 0.25) is 0 Å². The zero-order valence-corrected chi connectivity index (χ0v) is 16.7. The molecule has 0 aliphatic carbocycles. The van der Waals surface area contributed by atoms with E-state index >= 15 is 0 Å². The molecule has 0 N–H and O–H groups in total. The van der Waals surface area contributed by atoms with Crippen molar-refractivity contribution < 1.29 is 21.2 Å². The Morgan fingerprint density at radius 2 is 1.27 bits per heavy atom. The Morgan fingerprint density at radius 1 is 0.769 bits per heavy atom. The Hall–Kier alpha value is -1.99. The first-order chi connectivity index (χ1) is 12.2. The molecule has 0 atom stereocenters. The number of aryl methyl sites for hydroxylation is 2. The van der Waals surface area contributed by atoms with Gasteiger partial charge in [0.25, 0.3) is 0 Å². The summed E-state index contributed by atoms with van der Waals surface area (Å²) < 4.78 is 1.37. The van der Waals surface area contributed by atoms with Crippen molar-refractivity contribution in [3.05, 3.63) is 88.0 Å². The fourth-order valence-electron chi connectivity index (χ4n) is 3.33. The molecule has 0 spiro atoms. The molecule has 0 bridgehead atoms. The van der Waals surface area contributed by atoms with Crippen LogP contribution in [0.5, 0.6) is 0 Å². The van der Waals surface area contributed by atoms with Crippen LogP contribution in [0.4, 0.5) is 0 Å². The summed E-state index contributed by atoms with van der Waals surface area (Å²) in [6, 6.07) is 17.0. The molecular weight excluding hydrogens is 363 g/mol. The van der Waals surface area contributed by atoms with Crippen molar-refractivity contribution in [2.75, 3.05) is 0 Å². The summed E-state index contributed by atoms with van der Waals surface area (Å²) in [5, 5.41) is 0. The summed E-state index contributed by atoms with van der Waals surface area (Å²) in [6.07, 6.45) is 6.19. The molecule has 0 unspecified atom stereocenters. The van der Waals surface area contributed by atoms with Gasteiger partial charge in [-0.25, -0.2) is 4.70 Å². The second-order valence-electron chi connectivity index (χ2n) is 6.57. The maximum atomic E-state index is 10.9. The summed E-state index contributed by atoms with van der Waals surface area (Å²) in [7, 11) is 0. The Kier molecular flexibility index (Phi) is 7.11. The quantitative estimate of drug-likeness (QED) is 0.403. The number of benzene rings is 2. The van der Waals surface area contributed by atoms with Crippen LogP contribution >= 0.6 is 0 Å². The second-order valence-corrected chi connectivity index (χ2v) is 6.57. The van der Waals surface area contributed by atoms with Crippen LogP contribution in [0.3, 0.4) is 0 Å². The van der Waals surface area contributed by atoms with Crippen molar-refractivity contribution in [1.82, 2.24) is 0 Å². The van der Waals surface area contributed by atoms with Crippen LogP contribution in [0.15, 0.2) is 60.2 Å². The van der Waals surface area contributed by atoms with Crippen molar-refractivity contribution >= 4 is 11.4 Å². The summed E-state index contributed by atoms with van der Waals surface area (Å²) >= 11 is 0. The van der Waals surface area contributed by atoms with E-state index in [1.165, 1.54) is 21.4 Å². The molecule has 138 valence electrons. The number of hydrogen-bond acceptors (Lipinski definition) is 0. The van der Waals surface area contributed by atoms with Crippen molar-refractivity contribution in [1.29, 1.82) is 0 Å². The van der Waals surface area contributed by atoms with Crippen LogP contribution in [0, 0.1) is 0 Å². The van der Waals surface area contributed by atoms with Gasteiger partial charge >= 0.3 is 0 Å². The molecule has 3 rings (SSSR count). The molecule has 0 saturated heterocycles. The second kappa shape index (κ2) is 9.10. The predicted octanol–water partition coefficient (Wildman–Crippen LogP) is 6.41. The zero-order valence-electron chi connectivity index (χ0n) is 15.7. The van der Waals surface area contributed by atoms with Gasteiger partial charge < -0.3 is 5.53 Å². The fraction of sp³-hybridized carbons (Fsp3) is 0.304. The first-order valence-electron chi connectivity index (χ1n) is 9.30. The number of hydrogen-bond donors (Lipinski definition) is 0. The predicted molar refractivity (Wildman–Crippen MR) is 105 cm³/mol. The summed E-state index contributed by atoms with van der Waals surface area (Å²) in [4.78, 5) is 0. The van der Waals surface area contributed by atoms with E-state index in [1.54, 1.807) is 0 Å². The third kappa shape index (κ3) is 4.05. The van der Waals surface area contributed by atoms with E-state index in [4.69, 9.17) is 0 Å². The topological polar surface area (TPSA) is 25.3 Å². The van der Waals surface area contributed by atoms with Gasteiger partial charge in [-0.05, 0) is 54.7 Å². The van der Waals surface area contributed by atoms with E-state index in [-0.39, 0.29) is 16.5 Å². The van der Waals surface area contributed by atoms with E-state index in [2.05, 4.69) is 75.4 Å². The molecule has 0 amide bonds. The van der Waals surface area contributed by atoms with E-state index in [1.807, 2.05) is 0 Å². The summed E-state index contributed by atoms with van der Waals surface area (Å²) in [6.45, 7) is 6.49. The Morgan fingerprint density at radius 3 is 1.73 bits per heavy atom. The zero-order chi connectivity index (χ0) is 17.8. The molecule has 26 heavy (non-hydrogen) atoms. The average Bonchev–Trinajstić information content (AvgIpc) is 2.98. The van der Waals surface area contributed by atoms with Gasteiger partial charge in [0.15, 0.2) is 0 Å². The Bertz CT molecular complexity index is 828. The van der Waals surface area contributed by atoms with Crippen molar-refractivity contribution in [3.63, 3.8) is 0 Å². The first-order valence-corrected chi connectivity index (χ1v) is 9.30. The van der Waals surface area contributed by atoms with E-state index in [0.717, 1.165) is 48.2 Å². The largest absolute Gasteiger partial charge is 0.493 e. The van der Waals surface area contributed by atoms with E-state index in [0.29, 0.717) is 0 Å². The molecule has 1 aliphatic rings. The summed E-state index contributed by atoms with van der Waals surface area (Å²) in [5.74, 6) is 0. The minimum Gasteiger partial charge on any atom is -0.493 e. The Balaban J connectivity index is 0.00000243. The van der Waals surface area contributed by atoms with Gasteiger partial charge in [-0.15, -0.1) is 0 Å². The van der Waals surface area contributed by atoms with Crippen molar-refractivity contribution in [3.8, 4) is 0 Å². The van der Waals surface area contributed by atoms with Gasteiger partial charge in [-0.2, -0.15) is 0 Å². The van der Waals surface area contributed by atoms with Crippen molar-refractivity contribution in [2.24, 2.45) is 0 Å². The SMILES string of the molecule is CCCC1=C(c2ccc(CC)cc2)[N+](=[N-])C(c2ccc(CC)cc2)=C1.[Ni]. The molecule has 1 heterocycles. The van der Waals surface area contributed by atoms with Crippen LogP contribution < -0.4 is 0 Å². The molecule has 3 heteroatoms. The van der Waals surface area contributed by atoms with Gasteiger partial charge in [0, 0.05) is 39.3 Å². The first kappa shape index (κ1) is 20.3. The van der Waals surface area contributed by atoms with Gasteiger partial charge in [0.05, 0.1) is 0 Å². The standard InChI is InChI=1S/C23H26N2.Ni/c1-4-7-21-16-22(19-12-8-17(5-2)9-13-19)25(24)23(21)20-14-10-18(6-3)11-15-20;/h8-16H,4-7H2,1-3H3;. The number of rotatable bonds is 6. The summed E-state index contributed by atoms with van der Waals surface area (Å²) in [5.41, 5.74) is 18.6. The van der Waals surface area contributed by atoms with Gasteiger partial charge in [0.2, 0.25) is 11.4 Å². The van der Waals surface area contributed by atoms with Gasteiger partial charge in [-0.1, -0.05) is 51.5 Å². The smallest absolute Gasteiger partial charge is 0.210 e. The third-order valence-corrected chi connectivity index (χ3v) is 4.87. The molecule has 2 aromatic carbocycles. The maximum Gasteiger partial charge on any atom is 0.210 e. The van der Waals surface area contributed by atoms with Gasteiger partial charge in [0.1, 0.15) is 0 Å². The fourth-order valence-corrected chi connectivity index (χ4v) is 3.33. The van der Waals surface area contributed by atoms with Crippen LogP contribution in [0.1, 0.15) is 55.9 Å². The van der Waals surface area contributed by atoms with Crippen LogP contribution in [-0.2, 0) is 29.3 Å². The van der Waals surface area contributed by atoms with E-state index < -0.39 is 0 Å². The maximum absolute atomic E-state index is 10.9. The Labute approximate surface area is 167 Å². The van der Waals surface area contributed by atoms with E-state index in [9.17, 15) is 5.53 Å². The van der Waals surface area contributed by atoms with Crippen molar-refractivity contribution in [2.45, 2.75) is 46.5 Å². The van der Waals surface area contributed by atoms with Crippen LogP contribution in [-0.4, -0.2) is 4.70 Å².